The van der Waals surface area contributed by atoms with Crippen molar-refractivity contribution in [3.63, 3.8) is 0 Å². The van der Waals surface area contributed by atoms with Gasteiger partial charge in [0.05, 0.1) is 11.3 Å². The molecule has 0 aliphatic carbocycles. The fraction of sp³-hybridized carbons (Fsp3) is 0.308. The van der Waals surface area contributed by atoms with E-state index in [2.05, 4.69) is 21.3 Å². The molecule has 1 aromatic carbocycles. The van der Waals surface area contributed by atoms with Crippen LogP contribution in [0.3, 0.4) is 0 Å². The summed E-state index contributed by atoms with van der Waals surface area (Å²) in [7, 11) is 0. The van der Waals surface area contributed by atoms with Crippen LogP contribution in [0.5, 0.6) is 5.75 Å². The predicted octanol–water partition coefficient (Wildman–Crippen LogP) is 3.35. The highest BCUT2D eigenvalue weighted by molar-refractivity contribution is 7.99. The number of aromatic nitrogens is 3. The number of nitriles is 1. The predicted molar refractivity (Wildman–Crippen MR) is 77.8 cm³/mol. The van der Waals surface area contributed by atoms with E-state index >= 15 is 0 Å². The third-order valence-electron chi connectivity index (χ3n) is 2.48. The molecule has 0 unspecified atom stereocenters. The first-order valence-corrected chi connectivity index (χ1v) is 7.20. The lowest BCUT2D eigenvalue weighted by molar-refractivity contribution is 0.296. The number of rotatable bonds is 5. The number of nitrogens with one attached hydrogen (secondary N) is 1. The minimum Gasteiger partial charge on any atom is -0.486 e. The molecule has 0 bridgehead atoms. The molecule has 0 spiro atoms. The molecule has 104 valence electrons. The van der Waals surface area contributed by atoms with Gasteiger partial charge in [-0.3, -0.25) is 5.10 Å². The highest BCUT2D eigenvalue weighted by Crippen LogP contribution is 2.22. The number of nitrogens with zero attached hydrogens (tertiary/aromatic N) is 3. The molecule has 20 heavy (non-hydrogen) atoms. The Morgan fingerprint density at radius 1 is 1.55 bits per heavy atom. The topological polar surface area (TPSA) is 74.6 Å². The van der Waals surface area contributed by atoms with Gasteiger partial charge in [0.15, 0.2) is 5.82 Å². The van der Waals surface area contributed by atoms with Gasteiger partial charge in [-0.15, -0.1) is 5.10 Å². The number of H-pyrrole nitrogens is 1. The van der Waals surface area contributed by atoms with Crippen LogP contribution in [0.2, 0.25) is 5.02 Å². The van der Waals surface area contributed by atoms with Crippen molar-refractivity contribution in [1.82, 2.24) is 15.2 Å². The van der Waals surface area contributed by atoms with Crippen molar-refractivity contribution < 1.29 is 4.74 Å². The lowest BCUT2D eigenvalue weighted by Crippen LogP contribution is -1.98. The average molecular weight is 309 g/mol. The van der Waals surface area contributed by atoms with Crippen molar-refractivity contribution in [3.8, 4) is 11.8 Å². The number of ether oxygens (including phenoxy) is 1. The number of hydrogen-bond acceptors (Lipinski definition) is 5. The van der Waals surface area contributed by atoms with Crippen molar-refractivity contribution in [3.05, 3.63) is 34.6 Å². The first-order chi connectivity index (χ1) is 9.58. The van der Waals surface area contributed by atoms with Gasteiger partial charge in [0.25, 0.3) is 0 Å². The van der Waals surface area contributed by atoms with Crippen LogP contribution in [0.15, 0.2) is 23.4 Å². The average Bonchev–Trinajstić information content (AvgIpc) is 2.87. The maximum atomic E-state index is 8.73. The molecule has 0 aliphatic heterocycles. The Morgan fingerprint density at radius 3 is 3.05 bits per heavy atom. The Morgan fingerprint density at radius 2 is 2.35 bits per heavy atom. The molecule has 1 atom stereocenters. The SMILES string of the molecule is Cc1cc(OCc2nc(S[C@@H](C)C#N)n[nH]2)ccc1Cl. The van der Waals surface area contributed by atoms with Crippen LogP contribution in [-0.2, 0) is 6.61 Å². The Hall–Kier alpha value is -1.71. The lowest BCUT2D eigenvalue weighted by atomic mass is 10.2. The van der Waals surface area contributed by atoms with E-state index in [1.807, 2.05) is 13.0 Å². The molecule has 1 N–H and O–H groups in total. The standard InChI is InChI=1S/C13H13ClN4OS/c1-8-5-10(3-4-11(8)14)19-7-12-16-13(18-17-12)20-9(2)6-15/h3-5,9H,7H2,1-2H3,(H,16,17,18)/t9-/m0/s1. The van der Waals surface area contributed by atoms with Gasteiger partial charge in [-0.05, 0) is 37.6 Å². The highest BCUT2D eigenvalue weighted by Gasteiger charge is 2.09. The lowest BCUT2D eigenvalue weighted by Gasteiger charge is -2.05. The summed E-state index contributed by atoms with van der Waals surface area (Å²) in [6.07, 6.45) is 0. The first-order valence-electron chi connectivity index (χ1n) is 5.95. The molecule has 2 rings (SSSR count). The summed E-state index contributed by atoms with van der Waals surface area (Å²) < 4.78 is 5.61. The van der Waals surface area contributed by atoms with Crippen molar-refractivity contribution >= 4 is 23.4 Å². The van der Waals surface area contributed by atoms with Crippen LogP contribution in [0, 0.1) is 18.3 Å². The van der Waals surface area contributed by atoms with Gasteiger partial charge < -0.3 is 4.74 Å². The van der Waals surface area contributed by atoms with E-state index in [4.69, 9.17) is 21.6 Å². The number of aryl methyl sites for hydroxylation is 1. The largest absolute Gasteiger partial charge is 0.486 e. The molecule has 0 saturated carbocycles. The van der Waals surface area contributed by atoms with Gasteiger partial charge in [0.1, 0.15) is 12.4 Å². The van der Waals surface area contributed by atoms with Crippen LogP contribution < -0.4 is 4.74 Å². The van der Waals surface area contributed by atoms with Crippen LogP contribution in [0.25, 0.3) is 0 Å². The Labute approximate surface area is 126 Å². The van der Waals surface area contributed by atoms with Gasteiger partial charge in [-0.2, -0.15) is 5.26 Å². The fourth-order valence-corrected chi connectivity index (χ4v) is 2.19. The van der Waals surface area contributed by atoms with Crippen LogP contribution in [0.4, 0.5) is 0 Å². The molecule has 5 nitrogen and oxygen atoms in total. The summed E-state index contributed by atoms with van der Waals surface area (Å²) in [5.41, 5.74) is 0.959. The second-order valence-corrected chi connectivity index (χ2v) is 5.87. The van der Waals surface area contributed by atoms with Crippen LogP contribution >= 0.6 is 23.4 Å². The maximum Gasteiger partial charge on any atom is 0.209 e. The Balaban J connectivity index is 1.94. The molecule has 7 heteroatoms. The number of benzene rings is 1. The van der Waals surface area contributed by atoms with Gasteiger partial charge in [-0.25, -0.2) is 4.98 Å². The van der Waals surface area contributed by atoms with Crippen molar-refractivity contribution in [1.29, 1.82) is 5.26 Å². The summed E-state index contributed by atoms with van der Waals surface area (Å²) in [5, 5.41) is 16.6. The van der Waals surface area contributed by atoms with E-state index in [1.54, 1.807) is 19.1 Å². The van der Waals surface area contributed by atoms with E-state index in [9.17, 15) is 0 Å². The molecule has 0 fully saturated rings. The molecular weight excluding hydrogens is 296 g/mol. The molecule has 2 aromatic rings. The maximum absolute atomic E-state index is 8.73. The molecule has 1 heterocycles. The zero-order chi connectivity index (χ0) is 14.5. The van der Waals surface area contributed by atoms with Crippen molar-refractivity contribution in [2.24, 2.45) is 0 Å². The zero-order valence-electron chi connectivity index (χ0n) is 11.1. The third-order valence-corrected chi connectivity index (χ3v) is 3.76. The van der Waals surface area contributed by atoms with E-state index in [-0.39, 0.29) is 11.9 Å². The molecule has 0 amide bonds. The highest BCUT2D eigenvalue weighted by atomic mass is 35.5. The monoisotopic (exact) mass is 308 g/mol. The normalized spacial score (nSPS) is 11.9. The van der Waals surface area contributed by atoms with E-state index < -0.39 is 0 Å². The third kappa shape index (κ3) is 3.89. The first kappa shape index (κ1) is 14.7. The van der Waals surface area contributed by atoms with Crippen LogP contribution in [-0.4, -0.2) is 20.4 Å². The van der Waals surface area contributed by atoms with Gasteiger partial charge in [-0.1, -0.05) is 23.4 Å². The number of halogens is 1. The molecule has 0 radical (unpaired) electrons. The fourth-order valence-electron chi connectivity index (χ4n) is 1.44. The quantitative estimate of drug-likeness (QED) is 0.857. The van der Waals surface area contributed by atoms with Gasteiger partial charge >= 0.3 is 0 Å². The number of hydrogen-bond donors (Lipinski definition) is 1. The minimum absolute atomic E-state index is 0.182. The summed E-state index contributed by atoms with van der Waals surface area (Å²) in [6, 6.07) is 7.58. The van der Waals surface area contributed by atoms with Crippen molar-refractivity contribution in [2.45, 2.75) is 30.9 Å². The van der Waals surface area contributed by atoms with E-state index in [1.165, 1.54) is 11.8 Å². The molecule has 1 aromatic heterocycles. The van der Waals surface area contributed by atoms with E-state index in [0.29, 0.717) is 16.0 Å². The Kier molecular flexibility index (Phi) is 4.88. The molecule has 0 saturated heterocycles. The van der Waals surface area contributed by atoms with Crippen molar-refractivity contribution in [2.75, 3.05) is 0 Å². The summed E-state index contributed by atoms with van der Waals surface area (Å²) >= 11 is 7.25. The number of aromatic amines is 1. The summed E-state index contributed by atoms with van der Waals surface area (Å²) in [4.78, 5) is 4.25. The minimum atomic E-state index is -0.182. The second-order valence-electron chi connectivity index (χ2n) is 4.15. The van der Waals surface area contributed by atoms with E-state index in [0.717, 1.165) is 11.3 Å². The molecular formula is C13H13ClN4OS. The zero-order valence-corrected chi connectivity index (χ0v) is 12.6. The van der Waals surface area contributed by atoms with Crippen LogP contribution in [0.1, 0.15) is 18.3 Å². The second kappa shape index (κ2) is 6.64. The smallest absolute Gasteiger partial charge is 0.209 e. The molecule has 0 aliphatic rings. The van der Waals surface area contributed by atoms with Gasteiger partial charge in [0, 0.05) is 5.02 Å². The Bertz CT molecular complexity index is 638. The summed E-state index contributed by atoms with van der Waals surface area (Å²) in [5.74, 6) is 1.34. The van der Waals surface area contributed by atoms with Gasteiger partial charge in [0.2, 0.25) is 5.16 Å². The number of thioether (sulfide) groups is 1. The summed E-state index contributed by atoms with van der Waals surface area (Å²) in [6.45, 7) is 4.00.